The van der Waals surface area contributed by atoms with Crippen molar-refractivity contribution in [1.29, 1.82) is 0 Å². The Morgan fingerprint density at radius 2 is 2.00 bits per heavy atom. The van der Waals surface area contributed by atoms with E-state index in [0.717, 1.165) is 43.0 Å². The van der Waals surface area contributed by atoms with Crippen molar-refractivity contribution in [1.82, 2.24) is 9.97 Å². The van der Waals surface area contributed by atoms with Gasteiger partial charge in [-0.15, -0.1) is 0 Å². The Kier molecular flexibility index (Phi) is 4.15. The first-order valence-electron chi connectivity index (χ1n) is 7.54. The molecule has 1 unspecified atom stereocenters. The summed E-state index contributed by atoms with van der Waals surface area (Å²) in [6, 6.07) is 10.1. The molecule has 1 heterocycles. The summed E-state index contributed by atoms with van der Waals surface area (Å²) >= 11 is 0. The second-order valence-corrected chi connectivity index (χ2v) is 5.27. The first-order valence-corrected chi connectivity index (χ1v) is 7.54. The fraction of sp³-hybridized carbons (Fsp3) is 0.412. The number of fused-ring (bicyclic) bond motifs is 1. The van der Waals surface area contributed by atoms with Gasteiger partial charge < -0.3 is 10.1 Å². The summed E-state index contributed by atoms with van der Waals surface area (Å²) in [5.74, 6) is 1.73. The highest BCUT2D eigenvalue weighted by atomic mass is 16.5. The maximum atomic E-state index is 5.66. The number of nitrogens with one attached hydrogen (secondary N) is 1. The van der Waals surface area contributed by atoms with Gasteiger partial charge in [-0.05, 0) is 31.7 Å². The number of nitrogens with zero attached hydrogens (tertiary/aromatic N) is 2. The molecule has 1 N–H and O–H groups in total. The van der Waals surface area contributed by atoms with Gasteiger partial charge in [0.1, 0.15) is 11.9 Å². The molecule has 0 bridgehead atoms. The Labute approximate surface area is 125 Å². The number of aromatic nitrogens is 2. The van der Waals surface area contributed by atoms with E-state index in [0.29, 0.717) is 0 Å². The SMILES string of the molecule is CCNc1nc(C(OC)c2ccccc2)nc2c1CCC2. The molecular formula is C17H21N3O. The molecule has 1 aromatic heterocycles. The summed E-state index contributed by atoms with van der Waals surface area (Å²) in [5, 5.41) is 3.37. The van der Waals surface area contributed by atoms with Crippen LogP contribution in [-0.4, -0.2) is 23.6 Å². The van der Waals surface area contributed by atoms with Gasteiger partial charge in [0.05, 0.1) is 0 Å². The molecule has 21 heavy (non-hydrogen) atoms. The molecule has 1 aliphatic rings. The lowest BCUT2D eigenvalue weighted by Crippen LogP contribution is -2.13. The van der Waals surface area contributed by atoms with Crippen molar-refractivity contribution in [2.45, 2.75) is 32.3 Å². The second kappa shape index (κ2) is 6.22. The Morgan fingerprint density at radius 1 is 1.19 bits per heavy atom. The third kappa shape index (κ3) is 2.76. The summed E-state index contributed by atoms with van der Waals surface area (Å²) in [5.41, 5.74) is 3.54. The number of aryl methyl sites for hydroxylation is 1. The zero-order valence-corrected chi connectivity index (χ0v) is 12.6. The van der Waals surface area contributed by atoms with Crippen LogP contribution in [0.1, 0.15) is 42.1 Å². The van der Waals surface area contributed by atoms with Crippen molar-refractivity contribution in [3.05, 3.63) is 53.0 Å². The van der Waals surface area contributed by atoms with Crippen LogP contribution in [-0.2, 0) is 17.6 Å². The second-order valence-electron chi connectivity index (χ2n) is 5.27. The van der Waals surface area contributed by atoms with Gasteiger partial charge in [0.15, 0.2) is 5.82 Å². The highest BCUT2D eigenvalue weighted by molar-refractivity contribution is 5.49. The average Bonchev–Trinajstić information content (AvgIpc) is 2.98. The standard InChI is InChI=1S/C17H21N3O/c1-3-18-16-13-10-7-11-14(13)19-17(20-16)15(21-2)12-8-5-4-6-9-12/h4-6,8-9,15H,3,7,10-11H2,1-2H3,(H,18,19,20). The minimum Gasteiger partial charge on any atom is -0.370 e. The van der Waals surface area contributed by atoms with Crippen LogP contribution in [0.2, 0.25) is 0 Å². The summed E-state index contributed by atoms with van der Waals surface area (Å²) in [6.07, 6.45) is 3.05. The van der Waals surface area contributed by atoms with Crippen LogP contribution >= 0.6 is 0 Å². The largest absolute Gasteiger partial charge is 0.370 e. The minimum absolute atomic E-state index is 0.213. The van der Waals surface area contributed by atoms with Crippen molar-refractivity contribution in [2.24, 2.45) is 0 Å². The van der Waals surface area contributed by atoms with Crippen molar-refractivity contribution in [3.8, 4) is 0 Å². The minimum atomic E-state index is -0.213. The fourth-order valence-electron chi connectivity index (χ4n) is 2.90. The molecule has 0 spiro atoms. The molecule has 1 aromatic carbocycles. The Balaban J connectivity index is 2.03. The van der Waals surface area contributed by atoms with E-state index in [1.54, 1.807) is 7.11 Å². The van der Waals surface area contributed by atoms with Crippen molar-refractivity contribution >= 4 is 5.82 Å². The zero-order valence-electron chi connectivity index (χ0n) is 12.6. The van der Waals surface area contributed by atoms with Crippen molar-refractivity contribution < 1.29 is 4.74 Å². The van der Waals surface area contributed by atoms with Gasteiger partial charge >= 0.3 is 0 Å². The summed E-state index contributed by atoms with van der Waals surface area (Å²) < 4.78 is 5.66. The Bertz CT molecular complexity index is 613. The Morgan fingerprint density at radius 3 is 2.71 bits per heavy atom. The van der Waals surface area contributed by atoms with Crippen molar-refractivity contribution in [2.75, 3.05) is 19.0 Å². The van der Waals surface area contributed by atoms with Gasteiger partial charge in [-0.25, -0.2) is 9.97 Å². The number of ether oxygens (including phenoxy) is 1. The summed E-state index contributed by atoms with van der Waals surface area (Å²) in [4.78, 5) is 9.50. The Hall–Kier alpha value is -1.94. The van der Waals surface area contributed by atoms with E-state index < -0.39 is 0 Å². The topological polar surface area (TPSA) is 47.0 Å². The number of methoxy groups -OCH3 is 1. The molecule has 3 rings (SSSR count). The highest BCUT2D eigenvalue weighted by Crippen LogP contribution is 2.30. The van der Waals surface area contributed by atoms with E-state index in [9.17, 15) is 0 Å². The first-order chi connectivity index (χ1) is 10.3. The molecule has 1 atom stereocenters. The van der Waals surface area contributed by atoms with Crippen LogP contribution in [0.4, 0.5) is 5.82 Å². The van der Waals surface area contributed by atoms with E-state index in [1.807, 2.05) is 18.2 Å². The van der Waals surface area contributed by atoms with Gasteiger partial charge in [0, 0.05) is 24.9 Å². The van der Waals surface area contributed by atoms with Crippen LogP contribution in [0.15, 0.2) is 30.3 Å². The smallest absolute Gasteiger partial charge is 0.164 e. The molecule has 0 fully saturated rings. The monoisotopic (exact) mass is 283 g/mol. The van der Waals surface area contributed by atoms with Crippen LogP contribution in [0.25, 0.3) is 0 Å². The molecule has 1 aliphatic carbocycles. The van der Waals surface area contributed by atoms with Gasteiger partial charge in [-0.2, -0.15) is 0 Å². The maximum Gasteiger partial charge on any atom is 0.164 e. The van der Waals surface area contributed by atoms with Crippen LogP contribution < -0.4 is 5.32 Å². The predicted molar refractivity (Wildman–Crippen MR) is 83.5 cm³/mol. The molecule has 4 heteroatoms. The number of rotatable bonds is 5. The number of hydrogen-bond acceptors (Lipinski definition) is 4. The van der Waals surface area contributed by atoms with E-state index in [4.69, 9.17) is 14.7 Å². The van der Waals surface area contributed by atoms with Crippen LogP contribution in [0, 0.1) is 0 Å². The average molecular weight is 283 g/mol. The number of anilines is 1. The van der Waals surface area contributed by atoms with Gasteiger partial charge in [-0.3, -0.25) is 0 Å². The van der Waals surface area contributed by atoms with E-state index in [-0.39, 0.29) is 6.10 Å². The molecule has 0 saturated carbocycles. The maximum absolute atomic E-state index is 5.66. The molecule has 0 amide bonds. The molecule has 2 aromatic rings. The molecule has 4 nitrogen and oxygen atoms in total. The van der Waals surface area contributed by atoms with Gasteiger partial charge in [0.25, 0.3) is 0 Å². The molecular weight excluding hydrogens is 262 g/mol. The lowest BCUT2D eigenvalue weighted by Gasteiger charge is -2.17. The van der Waals surface area contributed by atoms with E-state index >= 15 is 0 Å². The molecule has 0 saturated heterocycles. The predicted octanol–water partition coefficient (Wildman–Crippen LogP) is 3.13. The molecule has 110 valence electrons. The van der Waals surface area contributed by atoms with Crippen LogP contribution in [0.5, 0.6) is 0 Å². The number of hydrogen-bond donors (Lipinski definition) is 1. The third-order valence-electron chi connectivity index (χ3n) is 3.87. The zero-order chi connectivity index (χ0) is 14.7. The van der Waals surface area contributed by atoms with E-state index in [1.165, 1.54) is 11.3 Å². The summed E-state index contributed by atoms with van der Waals surface area (Å²) in [7, 11) is 1.71. The number of benzene rings is 1. The van der Waals surface area contributed by atoms with E-state index in [2.05, 4.69) is 24.4 Å². The molecule has 0 radical (unpaired) electrons. The normalized spacial score (nSPS) is 14.8. The first kappa shape index (κ1) is 14.0. The van der Waals surface area contributed by atoms with Gasteiger partial charge in [-0.1, -0.05) is 30.3 Å². The lowest BCUT2D eigenvalue weighted by atomic mass is 10.1. The van der Waals surface area contributed by atoms with Crippen molar-refractivity contribution in [3.63, 3.8) is 0 Å². The quantitative estimate of drug-likeness (QED) is 0.915. The van der Waals surface area contributed by atoms with Crippen LogP contribution in [0.3, 0.4) is 0 Å². The third-order valence-corrected chi connectivity index (χ3v) is 3.87. The lowest BCUT2D eigenvalue weighted by molar-refractivity contribution is 0.129. The summed E-state index contributed by atoms with van der Waals surface area (Å²) in [6.45, 7) is 2.96. The fourth-order valence-corrected chi connectivity index (χ4v) is 2.90. The van der Waals surface area contributed by atoms with Gasteiger partial charge in [0.2, 0.25) is 0 Å². The molecule has 0 aliphatic heterocycles. The highest BCUT2D eigenvalue weighted by Gasteiger charge is 2.23.